The van der Waals surface area contributed by atoms with Crippen LogP contribution in [0.4, 0.5) is 0 Å². The zero-order valence-electron chi connectivity index (χ0n) is 10.1. The van der Waals surface area contributed by atoms with Crippen LogP contribution < -0.4 is 29.6 Å². The van der Waals surface area contributed by atoms with Crippen molar-refractivity contribution in [1.82, 2.24) is 4.90 Å². The molecular formula is C9H16NNaO3S. The van der Waals surface area contributed by atoms with E-state index in [-0.39, 0.29) is 42.8 Å². The Bertz CT molecular complexity index is 255. The number of carbonyl (C=O) groups is 2. The van der Waals surface area contributed by atoms with Crippen molar-refractivity contribution in [2.45, 2.75) is 25.8 Å². The van der Waals surface area contributed by atoms with E-state index >= 15 is 0 Å². The van der Waals surface area contributed by atoms with Crippen molar-refractivity contribution in [2.24, 2.45) is 5.92 Å². The minimum atomic E-state index is -0.901. The first-order valence-electron chi connectivity index (χ1n) is 4.72. The fourth-order valence-corrected chi connectivity index (χ4v) is 1.80. The van der Waals surface area contributed by atoms with Gasteiger partial charge in [-0.3, -0.25) is 4.79 Å². The molecule has 0 spiro atoms. The average Bonchev–Trinajstić information content (AvgIpc) is 2.63. The standard InChI is InChI=1S/C9H15NO3S.Na.H/c1-6(5-14)8(11)10-4-2-3-7(10)9(12)13;;/h6-7,14H,2-5H2,1H3,(H,12,13);;/q;+1;-1/t6?,7-;;/m0../s1. The van der Waals surface area contributed by atoms with Crippen molar-refractivity contribution >= 4 is 24.5 Å². The average molecular weight is 241 g/mol. The molecule has 1 N–H and O–H groups in total. The van der Waals surface area contributed by atoms with Gasteiger partial charge in [0.05, 0.1) is 0 Å². The number of hydrogen-bond donors (Lipinski definition) is 2. The summed E-state index contributed by atoms with van der Waals surface area (Å²) in [6.07, 6.45) is 1.35. The van der Waals surface area contributed by atoms with Gasteiger partial charge < -0.3 is 11.4 Å². The first kappa shape index (κ1) is 15.3. The second kappa shape index (κ2) is 6.78. The Kier molecular flexibility index (Phi) is 6.91. The number of likely N-dealkylation sites (tertiary alicyclic amines) is 1. The fourth-order valence-electron chi connectivity index (χ4n) is 1.65. The van der Waals surface area contributed by atoms with E-state index in [1.807, 2.05) is 0 Å². The summed E-state index contributed by atoms with van der Waals surface area (Å²) in [6.45, 7) is 2.33. The van der Waals surface area contributed by atoms with Gasteiger partial charge in [-0.25, -0.2) is 4.79 Å². The third-order valence-corrected chi connectivity index (χ3v) is 3.06. The normalized spacial score (nSPS) is 22.0. The first-order chi connectivity index (χ1) is 6.57. The predicted molar refractivity (Wildman–Crippen MR) is 56.5 cm³/mol. The summed E-state index contributed by atoms with van der Waals surface area (Å²) in [7, 11) is 0. The van der Waals surface area contributed by atoms with Crippen LogP contribution in [0.3, 0.4) is 0 Å². The quantitative estimate of drug-likeness (QED) is 0.433. The Hall–Kier alpha value is 0.290. The molecule has 1 saturated heterocycles. The number of amides is 1. The fraction of sp³-hybridized carbons (Fsp3) is 0.778. The minimum Gasteiger partial charge on any atom is -1.00 e. The third-order valence-electron chi connectivity index (χ3n) is 2.52. The molecule has 0 radical (unpaired) electrons. The second-order valence-electron chi connectivity index (χ2n) is 3.61. The molecule has 1 amide bonds. The van der Waals surface area contributed by atoms with Crippen molar-refractivity contribution in [3.63, 3.8) is 0 Å². The van der Waals surface area contributed by atoms with Crippen molar-refractivity contribution in [3.8, 4) is 0 Å². The molecule has 1 rings (SSSR count). The summed E-state index contributed by atoms with van der Waals surface area (Å²) < 4.78 is 0. The van der Waals surface area contributed by atoms with Crippen LogP contribution in [-0.2, 0) is 9.59 Å². The topological polar surface area (TPSA) is 57.6 Å². The molecule has 1 aliphatic heterocycles. The molecule has 82 valence electrons. The number of rotatable bonds is 3. The van der Waals surface area contributed by atoms with Gasteiger partial charge in [-0.2, -0.15) is 12.6 Å². The number of carbonyl (C=O) groups excluding carboxylic acids is 1. The van der Waals surface area contributed by atoms with Crippen molar-refractivity contribution in [3.05, 3.63) is 0 Å². The number of carboxylic acids is 1. The number of hydrogen-bond acceptors (Lipinski definition) is 3. The van der Waals surface area contributed by atoms with Gasteiger partial charge in [0.1, 0.15) is 6.04 Å². The summed E-state index contributed by atoms with van der Waals surface area (Å²) in [4.78, 5) is 24.0. The molecule has 1 fully saturated rings. The Morgan fingerprint density at radius 3 is 2.73 bits per heavy atom. The number of carboxylic acid groups (broad SMARTS) is 1. The predicted octanol–water partition coefficient (Wildman–Crippen LogP) is -2.26. The molecule has 0 aromatic carbocycles. The van der Waals surface area contributed by atoms with Crippen LogP contribution in [-0.4, -0.2) is 40.2 Å². The van der Waals surface area contributed by atoms with Gasteiger partial charge in [0.25, 0.3) is 0 Å². The summed E-state index contributed by atoms with van der Waals surface area (Å²) in [5.41, 5.74) is 0. The van der Waals surface area contributed by atoms with Crippen LogP contribution in [0.2, 0.25) is 0 Å². The number of nitrogens with zero attached hydrogens (tertiary/aromatic N) is 1. The molecule has 1 heterocycles. The Morgan fingerprint density at radius 1 is 1.67 bits per heavy atom. The maximum absolute atomic E-state index is 11.7. The van der Waals surface area contributed by atoms with Crippen LogP contribution >= 0.6 is 12.6 Å². The molecule has 1 unspecified atom stereocenters. The molecule has 0 bridgehead atoms. The zero-order valence-corrected chi connectivity index (χ0v) is 12.0. The minimum absolute atomic E-state index is 0. The summed E-state index contributed by atoms with van der Waals surface area (Å²) in [6, 6.07) is -0.621. The maximum Gasteiger partial charge on any atom is 1.00 e. The summed E-state index contributed by atoms with van der Waals surface area (Å²) in [5.74, 6) is -0.729. The van der Waals surface area contributed by atoms with Gasteiger partial charge in [-0.05, 0) is 12.8 Å². The van der Waals surface area contributed by atoms with E-state index in [0.29, 0.717) is 18.7 Å². The SMILES string of the molecule is CC(CS)C(=O)N1CCC[C@H]1C(=O)O.[H-].[Na+]. The van der Waals surface area contributed by atoms with E-state index in [9.17, 15) is 9.59 Å². The van der Waals surface area contributed by atoms with Gasteiger partial charge in [0.2, 0.25) is 5.91 Å². The molecule has 0 saturated carbocycles. The van der Waals surface area contributed by atoms with Crippen molar-refractivity contribution < 1.29 is 45.7 Å². The van der Waals surface area contributed by atoms with E-state index in [1.165, 1.54) is 4.90 Å². The van der Waals surface area contributed by atoms with Crippen molar-refractivity contribution in [1.29, 1.82) is 0 Å². The molecular weight excluding hydrogens is 225 g/mol. The van der Waals surface area contributed by atoms with Crippen LogP contribution in [0, 0.1) is 5.92 Å². The largest absolute Gasteiger partial charge is 1.00 e. The molecule has 0 aromatic rings. The summed E-state index contributed by atoms with van der Waals surface area (Å²) >= 11 is 4.03. The van der Waals surface area contributed by atoms with Crippen LogP contribution in [0.15, 0.2) is 0 Å². The van der Waals surface area contributed by atoms with Gasteiger partial charge in [0.15, 0.2) is 0 Å². The summed E-state index contributed by atoms with van der Waals surface area (Å²) in [5, 5.41) is 8.87. The van der Waals surface area contributed by atoms with Gasteiger partial charge >= 0.3 is 35.5 Å². The first-order valence-corrected chi connectivity index (χ1v) is 5.35. The molecule has 15 heavy (non-hydrogen) atoms. The van der Waals surface area contributed by atoms with E-state index in [2.05, 4.69) is 12.6 Å². The Labute approximate surface area is 119 Å². The van der Waals surface area contributed by atoms with Crippen LogP contribution in [0.5, 0.6) is 0 Å². The third kappa shape index (κ3) is 3.66. The smallest absolute Gasteiger partial charge is 1.00 e. The van der Waals surface area contributed by atoms with Gasteiger partial charge in [0, 0.05) is 18.2 Å². The van der Waals surface area contributed by atoms with E-state index in [4.69, 9.17) is 5.11 Å². The van der Waals surface area contributed by atoms with Crippen molar-refractivity contribution in [2.75, 3.05) is 12.3 Å². The Balaban J connectivity index is 0. The molecule has 2 atom stereocenters. The van der Waals surface area contributed by atoms with Gasteiger partial charge in [-0.1, -0.05) is 6.92 Å². The second-order valence-corrected chi connectivity index (χ2v) is 3.98. The van der Waals surface area contributed by atoms with Crippen LogP contribution in [0.1, 0.15) is 21.2 Å². The molecule has 6 heteroatoms. The van der Waals surface area contributed by atoms with E-state index in [1.54, 1.807) is 6.92 Å². The van der Waals surface area contributed by atoms with E-state index < -0.39 is 12.0 Å². The Morgan fingerprint density at radius 2 is 2.27 bits per heavy atom. The molecule has 0 aromatic heterocycles. The number of aliphatic carboxylic acids is 1. The molecule has 4 nitrogen and oxygen atoms in total. The monoisotopic (exact) mass is 241 g/mol. The molecule has 0 aliphatic carbocycles. The van der Waals surface area contributed by atoms with Crippen LogP contribution in [0.25, 0.3) is 0 Å². The zero-order chi connectivity index (χ0) is 10.7. The number of thiol groups is 1. The maximum atomic E-state index is 11.7. The van der Waals surface area contributed by atoms with E-state index in [0.717, 1.165) is 6.42 Å². The molecule has 1 aliphatic rings. The van der Waals surface area contributed by atoms with Gasteiger partial charge in [-0.15, -0.1) is 0 Å².